The molecule has 0 saturated heterocycles. The van der Waals surface area contributed by atoms with Gasteiger partial charge in [0.25, 0.3) is 0 Å². The summed E-state index contributed by atoms with van der Waals surface area (Å²) in [6, 6.07) is 7.54. The summed E-state index contributed by atoms with van der Waals surface area (Å²) >= 11 is 0. The maximum Gasteiger partial charge on any atom is 0.421 e. The Kier molecular flexibility index (Phi) is 3.18. The molecule has 0 atom stereocenters. The first-order chi connectivity index (χ1) is 8.20. The summed E-state index contributed by atoms with van der Waals surface area (Å²) < 4.78 is 10.8. The molecular weight excluding hydrogens is 222 g/mol. The molecule has 90 valence electrons. The Morgan fingerprint density at radius 2 is 2.06 bits per heavy atom. The lowest BCUT2D eigenvalue weighted by Gasteiger charge is -2.04. The minimum absolute atomic E-state index is 0.150. The molecule has 1 aromatic carbocycles. The van der Waals surface area contributed by atoms with Crippen LogP contribution in [-0.4, -0.2) is 16.8 Å². The van der Waals surface area contributed by atoms with Gasteiger partial charge in [-0.2, -0.15) is 0 Å². The Bertz CT molecular complexity index is 538. The summed E-state index contributed by atoms with van der Waals surface area (Å²) in [5.41, 5.74) is 1.05. The predicted molar refractivity (Wildman–Crippen MR) is 61.3 cm³/mol. The van der Waals surface area contributed by atoms with Gasteiger partial charge in [-0.1, -0.05) is 12.1 Å². The molecule has 0 aliphatic heterocycles. The summed E-state index contributed by atoms with van der Waals surface area (Å²) in [6.45, 7) is 0.382. The summed E-state index contributed by atoms with van der Waals surface area (Å²) in [5.74, 6) is 0.0941. The molecule has 5 nitrogen and oxygen atoms in total. The van der Waals surface area contributed by atoms with Gasteiger partial charge in [0.2, 0.25) is 5.88 Å². The van der Waals surface area contributed by atoms with Crippen molar-refractivity contribution in [3.63, 3.8) is 0 Å². The van der Waals surface area contributed by atoms with Gasteiger partial charge in [-0.05, 0) is 24.1 Å². The average molecular weight is 235 g/mol. The fourth-order valence-corrected chi connectivity index (χ4v) is 1.56. The van der Waals surface area contributed by atoms with Gasteiger partial charge in [-0.3, -0.25) is 0 Å². The highest BCUT2D eigenvalue weighted by molar-refractivity contribution is 5.27. The first kappa shape index (κ1) is 11.3. The number of hydrogen-bond donors (Lipinski definition) is 1. The lowest BCUT2D eigenvalue weighted by molar-refractivity contribution is 0.411. The molecule has 0 aliphatic rings. The Labute approximate surface area is 97.9 Å². The Hall–Kier alpha value is -2.17. The third kappa shape index (κ3) is 2.50. The molecule has 0 saturated carbocycles. The molecule has 1 N–H and O–H groups in total. The molecule has 1 aromatic heterocycles. The Balaban J connectivity index is 2.05. The highest BCUT2D eigenvalue weighted by atomic mass is 16.5. The number of hydrogen-bond acceptors (Lipinski definition) is 4. The second-order valence-corrected chi connectivity index (χ2v) is 3.61. The van der Waals surface area contributed by atoms with Gasteiger partial charge in [-0.15, -0.1) is 0 Å². The predicted octanol–water partition coefficient (Wildman–Crippen LogP) is 1.40. The highest BCUT2D eigenvalue weighted by Gasteiger charge is 2.06. The maximum absolute atomic E-state index is 11.2. The molecule has 0 aliphatic carbocycles. The van der Waals surface area contributed by atoms with Crippen LogP contribution in [0, 0.1) is 0 Å². The van der Waals surface area contributed by atoms with Crippen molar-refractivity contribution in [2.24, 2.45) is 0 Å². The van der Waals surface area contributed by atoms with Crippen LogP contribution in [-0.2, 0) is 13.0 Å². The van der Waals surface area contributed by atoms with Crippen LogP contribution in [0.15, 0.2) is 39.7 Å². The quantitative estimate of drug-likeness (QED) is 0.869. The van der Waals surface area contributed by atoms with Crippen LogP contribution in [0.5, 0.6) is 11.6 Å². The summed E-state index contributed by atoms with van der Waals surface area (Å²) in [4.78, 5) is 11.2. The van der Waals surface area contributed by atoms with E-state index in [1.54, 1.807) is 7.11 Å². The first-order valence-electron chi connectivity index (χ1n) is 5.21. The number of oxazole rings is 1. The Morgan fingerprint density at radius 3 is 2.59 bits per heavy atom. The maximum atomic E-state index is 11.2. The zero-order chi connectivity index (χ0) is 12.3. The van der Waals surface area contributed by atoms with Crippen LogP contribution in [0.4, 0.5) is 0 Å². The largest absolute Gasteiger partial charge is 0.497 e. The number of ether oxygens (including phenoxy) is 1. The molecule has 0 radical (unpaired) electrons. The van der Waals surface area contributed by atoms with E-state index in [-0.39, 0.29) is 5.88 Å². The molecule has 5 heteroatoms. The van der Waals surface area contributed by atoms with Crippen LogP contribution in [0.1, 0.15) is 5.56 Å². The van der Waals surface area contributed by atoms with E-state index in [2.05, 4.69) is 4.42 Å². The van der Waals surface area contributed by atoms with Crippen LogP contribution in [0.2, 0.25) is 0 Å². The van der Waals surface area contributed by atoms with E-state index in [1.165, 1.54) is 4.57 Å². The molecule has 2 aromatic rings. The highest BCUT2D eigenvalue weighted by Crippen LogP contribution is 2.13. The fraction of sp³-hybridized carbons (Fsp3) is 0.250. The van der Waals surface area contributed by atoms with E-state index < -0.39 is 5.76 Å². The molecule has 2 rings (SSSR count). The summed E-state index contributed by atoms with van der Waals surface area (Å²) in [7, 11) is 1.61. The van der Waals surface area contributed by atoms with E-state index in [4.69, 9.17) is 4.74 Å². The van der Waals surface area contributed by atoms with Crippen LogP contribution >= 0.6 is 0 Å². The number of methoxy groups -OCH3 is 1. The SMILES string of the molecule is COc1ccc(CCn2c(O)coc2=O)cc1. The lowest BCUT2D eigenvalue weighted by Crippen LogP contribution is -2.15. The molecule has 0 amide bonds. The van der Waals surface area contributed by atoms with Gasteiger partial charge < -0.3 is 14.3 Å². The zero-order valence-corrected chi connectivity index (χ0v) is 9.42. The third-order valence-corrected chi connectivity index (χ3v) is 2.55. The number of aromatic nitrogens is 1. The van der Waals surface area contributed by atoms with Crippen molar-refractivity contribution in [3.8, 4) is 11.6 Å². The normalized spacial score (nSPS) is 10.4. The minimum Gasteiger partial charge on any atom is -0.497 e. The van der Waals surface area contributed by atoms with Gasteiger partial charge in [0.05, 0.1) is 7.11 Å². The van der Waals surface area contributed by atoms with Crippen LogP contribution in [0.3, 0.4) is 0 Å². The average Bonchev–Trinajstić information content (AvgIpc) is 2.67. The summed E-state index contributed by atoms with van der Waals surface area (Å²) in [6.07, 6.45) is 1.67. The molecule has 0 bridgehead atoms. The van der Waals surface area contributed by atoms with Crippen LogP contribution in [0.25, 0.3) is 0 Å². The first-order valence-corrected chi connectivity index (χ1v) is 5.21. The molecule has 1 heterocycles. The number of rotatable bonds is 4. The second-order valence-electron chi connectivity index (χ2n) is 3.61. The monoisotopic (exact) mass is 235 g/mol. The van der Waals surface area contributed by atoms with E-state index in [0.717, 1.165) is 17.6 Å². The van der Waals surface area contributed by atoms with E-state index in [0.29, 0.717) is 13.0 Å². The molecule has 0 fully saturated rings. The van der Waals surface area contributed by atoms with Crippen molar-refractivity contribution in [2.75, 3.05) is 7.11 Å². The van der Waals surface area contributed by atoms with Crippen molar-refractivity contribution in [2.45, 2.75) is 13.0 Å². The summed E-state index contributed by atoms with van der Waals surface area (Å²) in [5, 5.41) is 9.34. The zero-order valence-electron chi connectivity index (χ0n) is 9.42. The smallest absolute Gasteiger partial charge is 0.421 e. The van der Waals surface area contributed by atoms with E-state index in [1.807, 2.05) is 24.3 Å². The van der Waals surface area contributed by atoms with Gasteiger partial charge in [0.1, 0.15) is 5.75 Å². The third-order valence-electron chi connectivity index (χ3n) is 2.55. The van der Waals surface area contributed by atoms with Crippen molar-refractivity contribution in [1.29, 1.82) is 0 Å². The number of aromatic hydroxyl groups is 1. The van der Waals surface area contributed by atoms with Gasteiger partial charge >= 0.3 is 5.76 Å². The van der Waals surface area contributed by atoms with E-state index in [9.17, 15) is 9.90 Å². The van der Waals surface area contributed by atoms with Crippen molar-refractivity contribution in [3.05, 3.63) is 46.6 Å². The van der Waals surface area contributed by atoms with Crippen molar-refractivity contribution in [1.82, 2.24) is 4.57 Å². The number of aryl methyl sites for hydroxylation is 1. The Morgan fingerprint density at radius 1 is 1.35 bits per heavy atom. The van der Waals surface area contributed by atoms with Gasteiger partial charge in [0.15, 0.2) is 6.26 Å². The van der Waals surface area contributed by atoms with Crippen LogP contribution < -0.4 is 10.5 Å². The van der Waals surface area contributed by atoms with Crippen molar-refractivity contribution >= 4 is 0 Å². The van der Waals surface area contributed by atoms with Gasteiger partial charge in [-0.25, -0.2) is 9.36 Å². The topological polar surface area (TPSA) is 64.6 Å². The fourth-order valence-electron chi connectivity index (χ4n) is 1.56. The molecular formula is C12H13NO4. The number of nitrogens with zero attached hydrogens (tertiary/aromatic N) is 1. The van der Waals surface area contributed by atoms with Crippen molar-refractivity contribution < 1.29 is 14.3 Å². The molecule has 17 heavy (non-hydrogen) atoms. The second kappa shape index (κ2) is 4.78. The number of benzene rings is 1. The minimum atomic E-state index is -0.545. The lowest BCUT2D eigenvalue weighted by atomic mass is 10.1. The molecule has 0 unspecified atom stereocenters. The van der Waals surface area contributed by atoms with Gasteiger partial charge in [0, 0.05) is 6.54 Å². The standard InChI is InChI=1S/C12H13NO4/c1-16-10-4-2-9(3-5-10)6-7-13-11(14)8-17-12(13)15/h2-5,8,14H,6-7H2,1H3. The van der Waals surface area contributed by atoms with E-state index >= 15 is 0 Å². The molecule has 0 spiro atoms.